The molecule has 2 aromatic rings. The molecule has 2 aromatic heterocycles. The summed E-state index contributed by atoms with van der Waals surface area (Å²) in [6.45, 7) is 0. The van der Waals surface area contributed by atoms with Crippen molar-refractivity contribution in [1.82, 2.24) is 15.0 Å². The van der Waals surface area contributed by atoms with Gasteiger partial charge in [0.05, 0.1) is 5.56 Å². The highest BCUT2D eigenvalue weighted by Crippen LogP contribution is 2.28. The zero-order valence-corrected chi connectivity index (χ0v) is 10.5. The monoisotopic (exact) mass is 263 g/mol. The minimum atomic E-state index is -0.130. The molecule has 1 aliphatic carbocycles. The summed E-state index contributed by atoms with van der Waals surface area (Å²) in [6, 6.07) is 11.4. The number of aromatic amines is 3. The topological polar surface area (TPSA) is 75.7 Å². The van der Waals surface area contributed by atoms with E-state index in [4.69, 9.17) is 0 Å². The molecule has 1 aliphatic heterocycles. The van der Waals surface area contributed by atoms with Crippen molar-refractivity contribution >= 4 is 11.0 Å². The van der Waals surface area contributed by atoms with Gasteiger partial charge in [-0.05, 0) is 6.07 Å². The SMILES string of the molecule is O=c1[nH]c2cccccc-2c1-c1nc2cc[nH+]cc2[nH]1. The van der Waals surface area contributed by atoms with Gasteiger partial charge in [0.1, 0.15) is 16.9 Å². The van der Waals surface area contributed by atoms with Crippen LogP contribution in [0.1, 0.15) is 0 Å². The van der Waals surface area contributed by atoms with Gasteiger partial charge in [-0.1, -0.05) is 24.3 Å². The third-order valence-corrected chi connectivity index (χ3v) is 3.35. The van der Waals surface area contributed by atoms with Crippen LogP contribution in [0, 0.1) is 0 Å². The number of fused-ring (bicyclic) bond motifs is 2. The highest BCUT2D eigenvalue weighted by atomic mass is 16.1. The van der Waals surface area contributed by atoms with E-state index in [9.17, 15) is 4.79 Å². The zero-order chi connectivity index (χ0) is 13.5. The smallest absolute Gasteiger partial charge is 0.260 e. The second-order valence-electron chi connectivity index (χ2n) is 4.60. The standard InChI is InChI=1S/C15H10N4O/c20-15-13(9-4-2-1-3-5-10(9)19-15)14-17-11-6-7-16-8-12(11)18-14/h1-8H,(H,17,18)(H,19,20)/p+1. The minimum Gasteiger partial charge on any atom is -0.333 e. The molecule has 20 heavy (non-hydrogen) atoms. The Bertz CT molecular complexity index is 905. The maximum absolute atomic E-state index is 12.2. The fraction of sp³-hybridized carbons (Fsp3) is 0. The van der Waals surface area contributed by atoms with Crippen molar-refractivity contribution in [3.8, 4) is 22.6 Å². The molecule has 0 unspecified atom stereocenters. The lowest BCUT2D eigenvalue weighted by Crippen LogP contribution is -2.01. The van der Waals surface area contributed by atoms with Crippen LogP contribution in [0.5, 0.6) is 0 Å². The second-order valence-corrected chi connectivity index (χ2v) is 4.60. The van der Waals surface area contributed by atoms with Crippen LogP contribution in [-0.4, -0.2) is 15.0 Å². The third-order valence-electron chi connectivity index (χ3n) is 3.35. The van der Waals surface area contributed by atoms with E-state index in [0.29, 0.717) is 11.4 Å². The minimum absolute atomic E-state index is 0.130. The van der Waals surface area contributed by atoms with Gasteiger partial charge in [0, 0.05) is 17.3 Å². The molecule has 5 nitrogen and oxygen atoms in total. The van der Waals surface area contributed by atoms with Gasteiger partial charge < -0.3 is 9.97 Å². The van der Waals surface area contributed by atoms with Gasteiger partial charge >= 0.3 is 0 Å². The highest BCUT2D eigenvalue weighted by molar-refractivity contribution is 5.84. The van der Waals surface area contributed by atoms with E-state index < -0.39 is 0 Å². The van der Waals surface area contributed by atoms with Crippen LogP contribution in [0.4, 0.5) is 0 Å². The van der Waals surface area contributed by atoms with Crippen LogP contribution in [0.3, 0.4) is 0 Å². The van der Waals surface area contributed by atoms with E-state index in [1.54, 1.807) is 6.20 Å². The maximum Gasteiger partial charge on any atom is 0.260 e. The van der Waals surface area contributed by atoms with Crippen LogP contribution in [0.2, 0.25) is 0 Å². The number of pyridine rings is 1. The average molecular weight is 263 g/mol. The Kier molecular flexibility index (Phi) is 2.20. The molecule has 5 heteroatoms. The van der Waals surface area contributed by atoms with E-state index in [0.717, 1.165) is 22.3 Å². The molecule has 3 N–H and O–H groups in total. The zero-order valence-electron chi connectivity index (χ0n) is 10.5. The molecule has 3 heterocycles. The van der Waals surface area contributed by atoms with Gasteiger partial charge in [0.25, 0.3) is 5.56 Å². The molecule has 0 saturated heterocycles. The van der Waals surface area contributed by atoms with Crippen LogP contribution < -0.4 is 10.5 Å². The van der Waals surface area contributed by atoms with Crippen molar-refractivity contribution in [3.05, 3.63) is 59.1 Å². The number of nitrogens with zero attached hydrogens (tertiary/aromatic N) is 1. The van der Waals surface area contributed by atoms with Crippen molar-refractivity contribution in [2.45, 2.75) is 0 Å². The summed E-state index contributed by atoms with van der Waals surface area (Å²) in [5.41, 5.74) is 3.82. The Morgan fingerprint density at radius 1 is 1.05 bits per heavy atom. The Morgan fingerprint density at radius 2 is 1.95 bits per heavy atom. The number of rotatable bonds is 1. The largest absolute Gasteiger partial charge is 0.333 e. The molecule has 0 spiro atoms. The molecule has 96 valence electrons. The average Bonchev–Trinajstić information content (AvgIpc) is 2.92. The van der Waals surface area contributed by atoms with E-state index in [1.165, 1.54) is 0 Å². The van der Waals surface area contributed by atoms with Gasteiger partial charge in [-0.3, -0.25) is 4.79 Å². The van der Waals surface area contributed by atoms with E-state index >= 15 is 0 Å². The Balaban J connectivity index is 2.04. The molecule has 2 aliphatic rings. The van der Waals surface area contributed by atoms with Crippen LogP contribution in [0.15, 0.2) is 53.6 Å². The second kappa shape index (κ2) is 4.03. The van der Waals surface area contributed by atoms with Gasteiger partial charge in [0.2, 0.25) is 0 Å². The molecular formula is C15H11N4O+. The number of imidazole rings is 1. The lowest BCUT2D eigenvalue weighted by atomic mass is 10.1. The van der Waals surface area contributed by atoms with Crippen LogP contribution in [0.25, 0.3) is 33.7 Å². The molecule has 0 saturated carbocycles. The van der Waals surface area contributed by atoms with Crippen LogP contribution >= 0.6 is 0 Å². The summed E-state index contributed by atoms with van der Waals surface area (Å²) < 4.78 is 0. The van der Waals surface area contributed by atoms with E-state index in [-0.39, 0.29) is 5.56 Å². The first-order valence-electron chi connectivity index (χ1n) is 6.30. The van der Waals surface area contributed by atoms with Crippen molar-refractivity contribution in [2.75, 3.05) is 0 Å². The summed E-state index contributed by atoms with van der Waals surface area (Å²) in [5, 5.41) is 0. The quantitative estimate of drug-likeness (QED) is 0.549. The number of H-pyrrole nitrogens is 3. The lowest BCUT2D eigenvalue weighted by Gasteiger charge is -1.94. The number of nitrogens with one attached hydrogen (secondary N) is 3. The highest BCUT2D eigenvalue weighted by Gasteiger charge is 2.18. The number of hydrogen-bond donors (Lipinski definition) is 2. The first-order valence-corrected chi connectivity index (χ1v) is 6.30. The fourth-order valence-corrected chi connectivity index (χ4v) is 2.43. The normalized spacial score (nSPS) is 11.2. The molecule has 4 rings (SSSR count). The first kappa shape index (κ1) is 10.9. The molecule has 0 fully saturated rings. The molecule has 0 atom stereocenters. The summed E-state index contributed by atoms with van der Waals surface area (Å²) in [5.74, 6) is 0.585. The predicted molar refractivity (Wildman–Crippen MR) is 75.3 cm³/mol. The number of aromatic nitrogens is 4. The van der Waals surface area contributed by atoms with Gasteiger partial charge in [-0.15, -0.1) is 0 Å². The summed E-state index contributed by atoms with van der Waals surface area (Å²) in [7, 11) is 0. The molecule has 0 bridgehead atoms. The van der Waals surface area contributed by atoms with E-state index in [2.05, 4.69) is 19.9 Å². The fourth-order valence-electron chi connectivity index (χ4n) is 2.43. The molecule has 0 radical (unpaired) electrons. The van der Waals surface area contributed by atoms with Crippen molar-refractivity contribution in [2.24, 2.45) is 0 Å². The molecular weight excluding hydrogens is 252 g/mol. The van der Waals surface area contributed by atoms with Crippen molar-refractivity contribution in [1.29, 1.82) is 0 Å². The van der Waals surface area contributed by atoms with Crippen molar-refractivity contribution in [3.63, 3.8) is 0 Å². The molecule has 0 amide bonds. The summed E-state index contributed by atoms with van der Waals surface area (Å²) >= 11 is 0. The van der Waals surface area contributed by atoms with Gasteiger partial charge in [0.15, 0.2) is 12.4 Å². The summed E-state index contributed by atoms with van der Waals surface area (Å²) in [4.78, 5) is 25.7. The van der Waals surface area contributed by atoms with E-state index in [1.807, 2.05) is 42.6 Å². The van der Waals surface area contributed by atoms with Crippen molar-refractivity contribution < 1.29 is 4.98 Å². The van der Waals surface area contributed by atoms with Crippen LogP contribution in [-0.2, 0) is 0 Å². The molecule has 0 aromatic carbocycles. The first-order chi connectivity index (χ1) is 9.83. The Labute approximate surface area is 113 Å². The van der Waals surface area contributed by atoms with Gasteiger partial charge in [-0.2, -0.15) is 0 Å². The summed E-state index contributed by atoms with van der Waals surface area (Å²) in [6.07, 6.45) is 3.63. The lowest BCUT2D eigenvalue weighted by molar-refractivity contribution is -0.376. The number of hydrogen-bond acceptors (Lipinski definition) is 2. The third kappa shape index (κ3) is 1.53. The van der Waals surface area contributed by atoms with Gasteiger partial charge in [-0.25, -0.2) is 9.97 Å². The Hall–Kier alpha value is -2.95. The predicted octanol–water partition coefficient (Wildman–Crippen LogP) is 1.84. The Morgan fingerprint density at radius 3 is 2.85 bits per heavy atom. The maximum atomic E-state index is 12.2.